The highest BCUT2D eigenvalue weighted by Gasteiger charge is 2.65. The third-order valence-corrected chi connectivity index (χ3v) is 5.06. The van der Waals surface area contributed by atoms with Gasteiger partial charge in [0.2, 0.25) is 6.23 Å². The molecule has 0 aromatic carbocycles. The molecule has 0 radical (unpaired) electrons. The van der Waals surface area contributed by atoms with Crippen LogP contribution < -0.4 is 11.4 Å². The highest BCUT2D eigenvalue weighted by atomic mass is 31.2. The Morgan fingerprint density at radius 1 is 1.54 bits per heavy atom. The lowest BCUT2D eigenvalue weighted by Crippen LogP contribution is -2.45. The van der Waals surface area contributed by atoms with Crippen molar-refractivity contribution in [2.24, 2.45) is 0 Å². The van der Waals surface area contributed by atoms with Crippen LogP contribution in [0.1, 0.15) is 20.1 Å². The molecular formula is C12H16F2N3O6P. The van der Waals surface area contributed by atoms with Gasteiger partial charge in [-0.3, -0.25) is 18.1 Å². The molecular weight excluding hydrogens is 351 g/mol. The quantitative estimate of drug-likeness (QED) is 0.795. The number of fused-ring (bicyclic) bond motifs is 1. The summed E-state index contributed by atoms with van der Waals surface area (Å²) in [6.07, 6.45) is -4.59. The fourth-order valence-electron chi connectivity index (χ4n) is 2.48. The number of alkyl halides is 2. The maximum atomic E-state index is 14.7. The maximum absolute atomic E-state index is 14.7. The van der Waals surface area contributed by atoms with Gasteiger partial charge in [0.05, 0.1) is 12.7 Å². The van der Waals surface area contributed by atoms with Gasteiger partial charge >= 0.3 is 19.4 Å². The van der Waals surface area contributed by atoms with E-state index in [1.807, 2.05) is 0 Å². The fraction of sp³-hybridized carbons (Fsp3) is 0.667. The average Bonchev–Trinajstić information content (AvgIpc) is 2.69. The summed E-state index contributed by atoms with van der Waals surface area (Å²) in [6.45, 7) is 2.70. The third-order valence-electron chi connectivity index (χ3n) is 3.43. The molecule has 3 rings (SSSR count). The summed E-state index contributed by atoms with van der Waals surface area (Å²) >= 11 is 0. The molecule has 24 heavy (non-hydrogen) atoms. The van der Waals surface area contributed by atoms with E-state index in [2.05, 4.69) is 4.98 Å². The number of phosphoric acid groups is 1. The van der Waals surface area contributed by atoms with Crippen LogP contribution in [0.2, 0.25) is 0 Å². The summed E-state index contributed by atoms with van der Waals surface area (Å²) in [5, 5.41) is 0. The van der Waals surface area contributed by atoms with Crippen LogP contribution in [0.25, 0.3) is 0 Å². The Morgan fingerprint density at radius 3 is 2.88 bits per heavy atom. The predicted octanol–water partition coefficient (Wildman–Crippen LogP) is 1.31. The number of rotatable bonds is 3. The van der Waals surface area contributed by atoms with Gasteiger partial charge in [-0.1, -0.05) is 0 Å². The number of hydrogen-bond acceptors (Lipinski definition) is 8. The van der Waals surface area contributed by atoms with Crippen molar-refractivity contribution in [3.8, 4) is 0 Å². The van der Waals surface area contributed by atoms with Crippen molar-refractivity contribution in [2.75, 3.05) is 12.3 Å². The Bertz CT molecular complexity index is 742. The number of hydrogen-bond donors (Lipinski definition) is 1. The van der Waals surface area contributed by atoms with Crippen LogP contribution in [-0.4, -0.2) is 40.4 Å². The molecule has 2 aliphatic heterocycles. The van der Waals surface area contributed by atoms with Crippen molar-refractivity contribution in [3.05, 3.63) is 22.7 Å². The number of phosphoric ester groups is 1. The molecule has 2 N–H and O–H groups in total. The van der Waals surface area contributed by atoms with Gasteiger partial charge in [-0.15, -0.1) is 0 Å². The largest absolute Gasteiger partial charge is 0.475 e. The van der Waals surface area contributed by atoms with Gasteiger partial charge in [0.25, 0.3) is 0 Å². The van der Waals surface area contributed by atoms with Gasteiger partial charge in [-0.05, 0) is 19.9 Å². The van der Waals surface area contributed by atoms with Crippen LogP contribution >= 0.6 is 7.82 Å². The van der Waals surface area contributed by atoms with E-state index in [1.54, 1.807) is 13.8 Å². The second-order valence-electron chi connectivity index (χ2n) is 5.67. The lowest BCUT2D eigenvalue weighted by molar-refractivity contribution is -0.139. The van der Waals surface area contributed by atoms with Crippen molar-refractivity contribution < 1.29 is 31.7 Å². The summed E-state index contributed by atoms with van der Waals surface area (Å²) in [4.78, 5) is 15.2. The minimum absolute atomic E-state index is 0.107. The van der Waals surface area contributed by atoms with Gasteiger partial charge in [-0.2, -0.15) is 13.8 Å². The lowest BCUT2D eigenvalue weighted by Gasteiger charge is -2.32. The Morgan fingerprint density at radius 2 is 2.25 bits per heavy atom. The Balaban J connectivity index is 1.90. The van der Waals surface area contributed by atoms with Gasteiger partial charge in [-0.25, -0.2) is 9.36 Å². The van der Waals surface area contributed by atoms with Crippen molar-refractivity contribution in [1.82, 2.24) is 9.55 Å². The first-order valence-electron chi connectivity index (χ1n) is 7.12. The monoisotopic (exact) mass is 367 g/mol. The zero-order valence-electron chi connectivity index (χ0n) is 12.8. The summed E-state index contributed by atoms with van der Waals surface area (Å²) in [7, 11) is -4.14. The van der Waals surface area contributed by atoms with Crippen LogP contribution in [0.4, 0.5) is 14.6 Å². The molecule has 0 spiro atoms. The van der Waals surface area contributed by atoms with E-state index >= 15 is 0 Å². The van der Waals surface area contributed by atoms with E-state index in [-0.39, 0.29) is 5.82 Å². The summed E-state index contributed by atoms with van der Waals surface area (Å²) in [6, 6.07) is 1.19. The number of aromatic nitrogens is 2. The zero-order chi connectivity index (χ0) is 17.7. The molecule has 2 fully saturated rings. The van der Waals surface area contributed by atoms with Crippen molar-refractivity contribution in [1.29, 1.82) is 0 Å². The second-order valence-corrected chi connectivity index (χ2v) is 7.24. The Hall–Kier alpha value is -1.39. The molecule has 0 bridgehead atoms. The molecule has 0 aliphatic carbocycles. The standard InChI is InChI=1S/C12H16F2N3O6P/c1-6(2)22-24(19)20-5-7-9(23-24)12(13,14)10(21-7)17-4-3-8(15)16-11(17)18/h3-4,6-7,9-10H,5H2,1-2H3,(H2,15,16,18)/t7-,9-,10-,24?/m1/s1. The highest BCUT2D eigenvalue weighted by Crippen LogP contribution is 2.60. The summed E-state index contributed by atoms with van der Waals surface area (Å²) in [5.74, 6) is -3.77. The Labute approximate surface area is 135 Å². The zero-order valence-corrected chi connectivity index (χ0v) is 13.7. The van der Waals surface area contributed by atoms with Crippen molar-refractivity contribution in [2.45, 2.75) is 44.3 Å². The third kappa shape index (κ3) is 2.98. The van der Waals surface area contributed by atoms with E-state index in [0.717, 1.165) is 6.20 Å². The molecule has 12 heteroatoms. The SMILES string of the molecule is CC(C)OP1(=O)OC[C@H]2O[C@@H](n3ccc(N)nc3=O)C(F)(F)[C@@H]2O1. The molecule has 134 valence electrons. The summed E-state index contributed by atoms with van der Waals surface area (Å²) in [5.41, 5.74) is 4.34. The molecule has 1 aromatic heterocycles. The van der Waals surface area contributed by atoms with Crippen LogP contribution in [-0.2, 0) is 22.9 Å². The molecule has 2 aliphatic rings. The minimum Gasteiger partial charge on any atom is -0.383 e. The number of anilines is 1. The smallest absolute Gasteiger partial charge is 0.383 e. The van der Waals surface area contributed by atoms with Gasteiger partial charge < -0.3 is 10.5 Å². The minimum atomic E-state index is -4.14. The molecule has 0 saturated carbocycles. The average molecular weight is 367 g/mol. The van der Waals surface area contributed by atoms with Crippen LogP contribution in [0.3, 0.4) is 0 Å². The van der Waals surface area contributed by atoms with Gasteiger partial charge in [0.15, 0.2) is 6.10 Å². The molecule has 0 amide bonds. The number of ether oxygens (including phenoxy) is 1. The highest BCUT2D eigenvalue weighted by molar-refractivity contribution is 7.48. The predicted molar refractivity (Wildman–Crippen MR) is 76.4 cm³/mol. The number of nitrogen functional groups attached to an aromatic ring is 1. The van der Waals surface area contributed by atoms with Crippen LogP contribution in [0.5, 0.6) is 0 Å². The number of nitrogens with zero attached hydrogens (tertiary/aromatic N) is 2. The molecule has 3 heterocycles. The first-order valence-corrected chi connectivity index (χ1v) is 8.58. The topological polar surface area (TPSA) is 115 Å². The van der Waals surface area contributed by atoms with E-state index in [1.165, 1.54) is 6.07 Å². The second kappa shape index (κ2) is 5.85. The van der Waals surface area contributed by atoms with Crippen molar-refractivity contribution in [3.63, 3.8) is 0 Å². The summed E-state index contributed by atoms with van der Waals surface area (Å²) < 4.78 is 62.3. The van der Waals surface area contributed by atoms with E-state index in [9.17, 15) is 18.1 Å². The van der Waals surface area contributed by atoms with Crippen LogP contribution in [0.15, 0.2) is 17.1 Å². The van der Waals surface area contributed by atoms with Crippen molar-refractivity contribution >= 4 is 13.6 Å². The van der Waals surface area contributed by atoms with Gasteiger partial charge in [0.1, 0.15) is 11.9 Å². The number of halogens is 2. The molecule has 9 nitrogen and oxygen atoms in total. The lowest BCUT2D eigenvalue weighted by atomic mass is 10.1. The van der Waals surface area contributed by atoms with E-state index in [4.69, 9.17) is 24.0 Å². The first kappa shape index (κ1) is 17.4. The fourth-order valence-corrected chi connectivity index (χ4v) is 4.06. The van der Waals surface area contributed by atoms with Gasteiger partial charge in [0, 0.05) is 6.20 Å². The Kier molecular flexibility index (Phi) is 4.25. The number of nitrogens with two attached hydrogens (primary N) is 1. The van der Waals surface area contributed by atoms with E-state index in [0.29, 0.717) is 4.57 Å². The van der Waals surface area contributed by atoms with E-state index < -0.39 is 50.6 Å². The molecule has 1 aromatic rings. The van der Waals surface area contributed by atoms with Crippen LogP contribution in [0, 0.1) is 0 Å². The molecule has 1 unspecified atom stereocenters. The maximum Gasteiger partial charge on any atom is 0.475 e. The molecule has 4 atom stereocenters. The first-order chi connectivity index (χ1) is 11.1. The molecule has 2 saturated heterocycles. The normalized spacial score (nSPS) is 35.1.